The van der Waals surface area contributed by atoms with E-state index in [2.05, 4.69) is 92.9 Å². The maximum atomic E-state index is 13.4. The topological polar surface area (TPSA) is 114 Å². The van der Waals surface area contributed by atoms with Gasteiger partial charge in [-0.05, 0) is 96.0 Å². The molecule has 0 fully saturated rings. The Bertz CT molecular complexity index is 1490. The van der Waals surface area contributed by atoms with E-state index in [9.17, 15) is 19.0 Å². The van der Waals surface area contributed by atoms with Crippen LogP contribution in [0.1, 0.15) is 239 Å². The third-order valence-corrected chi connectivity index (χ3v) is 13.3. The van der Waals surface area contributed by atoms with Gasteiger partial charge in [-0.15, -0.1) is 0 Å². The van der Waals surface area contributed by atoms with Gasteiger partial charge in [0.05, 0.1) is 33.8 Å². The van der Waals surface area contributed by atoms with Gasteiger partial charge in [-0.2, -0.15) is 0 Å². The van der Waals surface area contributed by atoms with Crippen molar-refractivity contribution in [1.82, 2.24) is 5.32 Å². The average Bonchev–Trinajstić information content (AvgIpc) is 3.33. The summed E-state index contributed by atoms with van der Waals surface area (Å²) in [6.45, 7) is 6.73. The van der Waals surface area contributed by atoms with Crippen LogP contribution in [-0.4, -0.2) is 69.4 Å². The van der Waals surface area contributed by atoms with Crippen LogP contribution in [0.2, 0.25) is 0 Å². The number of carbonyl (C=O) groups is 2. The average molecular weight is 1010 g/mol. The van der Waals surface area contributed by atoms with Crippen LogP contribution in [0.15, 0.2) is 85.1 Å². The Morgan fingerprint density at radius 1 is 0.493 bits per heavy atom. The summed E-state index contributed by atoms with van der Waals surface area (Å²) in [6, 6.07) is -0.935. The maximum absolute atomic E-state index is 13.4. The van der Waals surface area contributed by atoms with E-state index < -0.39 is 26.6 Å². The smallest absolute Gasteiger partial charge is 0.306 e. The number of allylic oxidation sites excluding steroid dienone is 13. The predicted octanol–water partition coefficient (Wildman–Crippen LogP) is 16.8. The normalized spacial score (nSPS) is 14.4. The highest BCUT2D eigenvalue weighted by atomic mass is 31.2. The minimum Gasteiger partial charge on any atom is -0.756 e. The number of nitrogens with one attached hydrogen (secondary N) is 1. The molecule has 0 aliphatic carbocycles. The molecule has 0 saturated carbocycles. The molecule has 0 bridgehead atoms. The molecule has 0 aromatic rings. The standard InChI is InChI=1S/C61H109N2O7P/c1-7-10-13-16-19-22-25-28-29-30-31-32-33-36-39-42-45-48-51-54-61(65)70-59(52-49-46-43-40-37-34-26-23-20-17-14-11-8-2)58(57-69-71(66,67)68-56-55-63(4,5)6)62-60(64)53-50-47-44-41-38-35-27-24-21-18-15-12-9-3/h19,22,28-29,31-32,35-36,38-39,44,47,49,52,58-59H,7-18,20-21,23-27,30,33-34,37,40-43,45-46,48,50-51,53-57H2,1-6H3,(H-,62,64,66,67)/b22-19-,29-28-,32-31-,38-35-,39-36-,47-44+,52-49-. The summed E-state index contributed by atoms with van der Waals surface area (Å²) in [6.07, 6.45) is 65.6. The van der Waals surface area contributed by atoms with E-state index in [-0.39, 0.29) is 31.3 Å². The van der Waals surface area contributed by atoms with Crippen LogP contribution < -0.4 is 10.2 Å². The number of nitrogens with zero attached hydrogens (tertiary/aromatic N) is 1. The first kappa shape index (κ1) is 68.2. The van der Waals surface area contributed by atoms with Crippen LogP contribution in [0, 0.1) is 0 Å². The molecule has 9 nitrogen and oxygen atoms in total. The van der Waals surface area contributed by atoms with Gasteiger partial charge in [0, 0.05) is 12.8 Å². The number of ether oxygens (including phenoxy) is 1. The van der Waals surface area contributed by atoms with E-state index in [1.54, 1.807) is 6.08 Å². The van der Waals surface area contributed by atoms with Crippen molar-refractivity contribution in [2.24, 2.45) is 0 Å². The number of likely N-dealkylation sites (N-methyl/N-ethyl adjacent to an activating group) is 1. The number of carbonyl (C=O) groups excluding carboxylic acids is 2. The zero-order chi connectivity index (χ0) is 52.2. The molecule has 71 heavy (non-hydrogen) atoms. The molecule has 3 unspecified atom stereocenters. The number of phosphoric acid groups is 1. The van der Waals surface area contributed by atoms with Gasteiger partial charge in [-0.1, -0.05) is 215 Å². The Morgan fingerprint density at radius 2 is 0.873 bits per heavy atom. The molecular formula is C61H109N2O7P. The van der Waals surface area contributed by atoms with Gasteiger partial charge in [0.2, 0.25) is 5.91 Å². The second-order valence-electron chi connectivity index (χ2n) is 20.4. The van der Waals surface area contributed by atoms with Crippen LogP contribution in [0.25, 0.3) is 0 Å². The first-order valence-corrected chi connectivity index (χ1v) is 30.4. The SMILES string of the molecule is CCCCC/C=C\C/C=C\C/C=C\C/C=C\CCCCCC(=O)OC(/C=C\CCCCCCCCCCCCC)C(COP(=O)([O-])OCC[N+](C)(C)C)NC(=O)CC/C=C/C/C=C\CCCCCCCC. The summed E-state index contributed by atoms with van der Waals surface area (Å²) >= 11 is 0. The molecule has 0 aromatic heterocycles. The number of quaternary nitrogens is 1. The quantitative estimate of drug-likeness (QED) is 0.0212. The molecule has 1 N–H and O–H groups in total. The number of rotatable bonds is 51. The van der Waals surface area contributed by atoms with Crippen molar-refractivity contribution in [1.29, 1.82) is 0 Å². The predicted molar refractivity (Wildman–Crippen MR) is 302 cm³/mol. The van der Waals surface area contributed by atoms with Crippen molar-refractivity contribution in [3.63, 3.8) is 0 Å². The fourth-order valence-electron chi connectivity index (χ4n) is 7.79. The Balaban J connectivity index is 5.48. The summed E-state index contributed by atoms with van der Waals surface area (Å²) in [5, 5.41) is 2.97. The first-order chi connectivity index (χ1) is 34.4. The maximum Gasteiger partial charge on any atom is 0.306 e. The molecule has 3 atom stereocenters. The number of esters is 1. The molecule has 410 valence electrons. The van der Waals surface area contributed by atoms with Crippen molar-refractivity contribution >= 4 is 19.7 Å². The number of hydrogen-bond donors (Lipinski definition) is 1. The summed E-state index contributed by atoms with van der Waals surface area (Å²) < 4.78 is 30.2. The first-order valence-electron chi connectivity index (χ1n) is 28.9. The highest BCUT2D eigenvalue weighted by Gasteiger charge is 2.27. The Hall–Kier alpha value is -2.81. The number of amides is 1. The van der Waals surface area contributed by atoms with Gasteiger partial charge in [0.25, 0.3) is 7.82 Å². The summed E-state index contributed by atoms with van der Waals surface area (Å²) in [4.78, 5) is 39.8. The molecule has 0 heterocycles. The van der Waals surface area contributed by atoms with E-state index in [0.29, 0.717) is 23.9 Å². The second kappa shape index (κ2) is 50.7. The number of unbranched alkanes of at least 4 members (excludes halogenated alkanes) is 23. The van der Waals surface area contributed by atoms with E-state index in [0.717, 1.165) is 70.6 Å². The molecule has 0 saturated heterocycles. The molecule has 1 amide bonds. The molecular weight excluding hydrogens is 904 g/mol. The molecule has 0 aromatic carbocycles. The zero-order valence-corrected chi connectivity index (χ0v) is 47.5. The minimum absolute atomic E-state index is 0.0401. The van der Waals surface area contributed by atoms with Gasteiger partial charge in [0.1, 0.15) is 19.3 Å². The van der Waals surface area contributed by atoms with E-state index in [1.807, 2.05) is 33.3 Å². The largest absolute Gasteiger partial charge is 0.756 e. The Kier molecular flexibility index (Phi) is 48.7. The highest BCUT2D eigenvalue weighted by molar-refractivity contribution is 7.45. The molecule has 0 radical (unpaired) electrons. The fraction of sp³-hybridized carbons (Fsp3) is 0.738. The minimum atomic E-state index is -4.72. The lowest BCUT2D eigenvalue weighted by molar-refractivity contribution is -0.870. The van der Waals surface area contributed by atoms with E-state index in [1.165, 1.54) is 122 Å². The lowest BCUT2D eigenvalue weighted by Gasteiger charge is -2.30. The molecule has 10 heteroatoms. The zero-order valence-electron chi connectivity index (χ0n) is 46.7. The number of phosphoric ester groups is 1. The van der Waals surface area contributed by atoms with Crippen LogP contribution in [0.5, 0.6) is 0 Å². The summed E-state index contributed by atoms with van der Waals surface area (Å²) in [7, 11) is 1.13. The highest BCUT2D eigenvalue weighted by Crippen LogP contribution is 2.38. The Morgan fingerprint density at radius 3 is 1.34 bits per heavy atom. The van der Waals surface area contributed by atoms with Gasteiger partial charge in [0.15, 0.2) is 0 Å². The molecule has 0 aliphatic rings. The number of hydrogen-bond acceptors (Lipinski definition) is 7. The molecule has 0 aliphatic heterocycles. The lowest BCUT2D eigenvalue weighted by atomic mass is 10.0. The van der Waals surface area contributed by atoms with Crippen LogP contribution in [-0.2, 0) is 27.9 Å². The Labute approximate surface area is 437 Å². The van der Waals surface area contributed by atoms with E-state index >= 15 is 0 Å². The van der Waals surface area contributed by atoms with Crippen molar-refractivity contribution in [2.75, 3.05) is 40.9 Å². The van der Waals surface area contributed by atoms with Crippen LogP contribution >= 0.6 is 7.82 Å². The van der Waals surface area contributed by atoms with Gasteiger partial charge in [-0.25, -0.2) is 0 Å². The van der Waals surface area contributed by atoms with Crippen LogP contribution in [0.4, 0.5) is 0 Å². The molecule has 0 spiro atoms. The van der Waals surface area contributed by atoms with Crippen LogP contribution in [0.3, 0.4) is 0 Å². The summed E-state index contributed by atoms with van der Waals surface area (Å²) in [5.41, 5.74) is 0. The van der Waals surface area contributed by atoms with Gasteiger partial charge in [-0.3, -0.25) is 14.2 Å². The molecule has 0 rings (SSSR count). The van der Waals surface area contributed by atoms with Gasteiger partial charge < -0.3 is 28.5 Å². The van der Waals surface area contributed by atoms with E-state index in [4.69, 9.17) is 13.8 Å². The fourth-order valence-corrected chi connectivity index (χ4v) is 8.51. The van der Waals surface area contributed by atoms with Crippen molar-refractivity contribution < 1.29 is 37.3 Å². The monoisotopic (exact) mass is 1010 g/mol. The van der Waals surface area contributed by atoms with Crippen molar-refractivity contribution in [2.45, 2.75) is 251 Å². The third-order valence-electron chi connectivity index (χ3n) is 12.3. The second-order valence-corrected chi connectivity index (χ2v) is 21.8. The lowest BCUT2D eigenvalue weighted by Crippen LogP contribution is -2.47. The third kappa shape index (κ3) is 51.9. The van der Waals surface area contributed by atoms with Crippen molar-refractivity contribution in [3.05, 3.63) is 85.1 Å². The summed E-state index contributed by atoms with van der Waals surface area (Å²) in [5.74, 6) is -0.659. The van der Waals surface area contributed by atoms with Crippen molar-refractivity contribution in [3.8, 4) is 0 Å². The van der Waals surface area contributed by atoms with Gasteiger partial charge >= 0.3 is 5.97 Å².